The van der Waals surface area contributed by atoms with Crippen molar-refractivity contribution in [1.82, 2.24) is 5.32 Å². The average molecular weight is 199 g/mol. The minimum Gasteiger partial charge on any atom is -0.394 e. The normalized spacial score (nSPS) is 34.1. The molecule has 4 nitrogen and oxygen atoms in total. The van der Waals surface area contributed by atoms with Gasteiger partial charge in [0.2, 0.25) is 5.91 Å². The van der Waals surface area contributed by atoms with Crippen molar-refractivity contribution in [3.63, 3.8) is 0 Å². The van der Waals surface area contributed by atoms with Crippen LogP contribution in [0.4, 0.5) is 0 Å². The number of aliphatic hydroxyl groups excluding tert-OH is 1. The van der Waals surface area contributed by atoms with Gasteiger partial charge in [0.15, 0.2) is 0 Å². The molecule has 2 atom stereocenters. The molecule has 0 bridgehead atoms. The van der Waals surface area contributed by atoms with Gasteiger partial charge in [0.25, 0.3) is 0 Å². The fourth-order valence-corrected chi connectivity index (χ4v) is 1.81. The lowest BCUT2D eigenvalue weighted by molar-refractivity contribution is -0.133. The van der Waals surface area contributed by atoms with Crippen molar-refractivity contribution >= 4 is 5.91 Å². The molecule has 0 spiro atoms. The molecule has 14 heavy (non-hydrogen) atoms. The van der Waals surface area contributed by atoms with Crippen LogP contribution >= 0.6 is 0 Å². The molecule has 80 valence electrons. The Morgan fingerprint density at radius 3 is 2.71 bits per heavy atom. The van der Waals surface area contributed by atoms with Gasteiger partial charge in [-0.3, -0.25) is 4.79 Å². The molecule has 0 aromatic rings. The van der Waals surface area contributed by atoms with Crippen LogP contribution < -0.4 is 5.32 Å². The van der Waals surface area contributed by atoms with E-state index in [1.807, 2.05) is 6.92 Å². The fourth-order valence-electron chi connectivity index (χ4n) is 1.81. The number of hydrogen-bond acceptors (Lipinski definition) is 3. The highest BCUT2D eigenvalue weighted by Gasteiger charge is 2.45. The topological polar surface area (TPSA) is 58.6 Å². The Hall–Kier alpha value is -0.610. The number of aliphatic hydroxyl groups is 1. The Bertz CT molecular complexity index is 238. The van der Waals surface area contributed by atoms with Gasteiger partial charge >= 0.3 is 0 Å². The molecule has 2 unspecified atom stereocenters. The number of amides is 1. The van der Waals surface area contributed by atoms with Crippen molar-refractivity contribution in [2.75, 3.05) is 6.61 Å². The molecule has 1 heterocycles. The van der Waals surface area contributed by atoms with Crippen LogP contribution in [0.25, 0.3) is 0 Å². The summed E-state index contributed by atoms with van der Waals surface area (Å²) < 4.78 is 5.45. The van der Waals surface area contributed by atoms with Crippen molar-refractivity contribution in [3.8, 4) is 0 Å². The number of nitrogens with one attached hydrogen (secondary N) is 1. The third-order valence-electron chi connectivity index (χ3n) is 3.07. The van der Waals surface area contributed by atoms with Gasteiger partial charge in [0.05, 0.1) is 18.2 Å². The molecule has 2 fully saturated rings. The van der Waals surface area contributed by atoms with Crippen molar-refractivity contribution in [1.29, 1.82) is 0 Å². The van der Waals surface area contributed by atoms with Gasteiger partial charge in [0, 0.05) is 0 Å². The summed E-state index contributed by atoms with van der Waals surface area (Å²) in [4.78, 5) is 11.7. The summed E-state index contributed by atoms with van der Waals surface area (Å²) in [6.45, 7) is 2.02. The highest BCUT2D eigenvalue weighted by atomic mass is 16.5. The molecular formula is C10H17NO3. The number of carbonyl (C=O) groups is 1. The van der Waals surface area contributed by atoms with Crippen LogP contribution in [0, 0.1) is 0 Å². The molecule has 1 aliphatic heterocycles. The quantitative estimate of drug-likeness (QED) is 0.682. The molecule has 0 aromatic heterocycles. The molecule has 0 radical (unpaired) electrons. The maximum atomic E-state index is 11.7. The first-order valence-electron chi connectivity index (χ1n) is 5.23. The number of rotatable bonds is 3. The lowest BCUT2D eigenvalue weighted by Crippen LogP contribution is -2.44. The highest BCUT2D eigenvalue weighted by Crippen LogP contribution is 2.35. The molecule has 1 aliphatic carbocycles. The van der Waals surface area contributed by atoms with Crippen molar-refractivity contribution in [2.24, 2.45) is 0 Å². The molecular weight excluding hydrogens is 182 g/mol. The lowest BCUT2D eigenvalue weighted by Gasteiger charge is -2.17. The predicted octanol–water partition coefficient (Wildman–Crippen LogP) is 0.195. The number of carbonyl (C=O) groups excluding carboxylic acids is 1. The second-order valence-electron chi connectivity index (χ2n) is 4.44. The van der Waals surface area contributed by atoms with Crippen molar-refractivity contribution in [3.05, 3.63) is 0 Å². The molecule has 1 amide bonds. The molecule has 0 aromatic carbocycles. The van der Waals surface area contributed by atoms with Gasteiger partial charge in [-0.2, -0.15) is 0 Å². The largest absolute Gasteiger partial charge is 0.394 e. The van der Waals surface area contributed by atoms with E-state index in [0.717, 1.165) is 25.7 Å². The lowest BCUT2D eigenvalue weighted by atomic mass is 10.2. The van der Waals surface area contributed by atoms with E-state index >= 15 is 0 Å². The number of hydrogen-bond donors (Lipinski definition) is 2. The zero-order valence-electron chi connectivity index (χ0n) is 8.45. The Morgan fingerprint density at radius 1 is 1.57 bits per heavy atom. The fraction of sp³-hybridized carbons (Fsp3) is 0.900. The minimum absolute atomic E-state index is 0.0427. The number of ether oxygens (including phenoxy) is 1. The van der Waals surface area contributed by atoms with Gasteiger partial charge in [-0.25, -0.2) is 0 Å². The molecule has 2 rings (SSSR count). The maximum Gasteiger partial charge on any atom is 0.249 e. The second kappa shape index (κ2) is 3.51. The van der Waals surface area contributed by atoms with E-state index in [1.54, 1.807) is 0 Å². The minimum atomic E-state index is -0.313. The van der Waals surface area contributed by atoms with Gasteiger partial charge in [-0.05, 0) is 32.6 Å². The summed E-state index contributed by atoms with van der Waals surface area (Å²) in [6, 6.07) is 0. The van der Waals surface area contributed by atoms with Gasteiger partial charge in [0.1, 0.15) is 6.10 Å². The van der Waals surface area contributed by atoms with Gasteiger partial charge < -0.3 is 15.2 Å². The summed E-state index contributed by atoms with van der Waals surface area (Å²) in [7, 11) is 0. The molecule has 2 N–H and O–H groups in total. The predicted molar refractivity (Wildman–Crippen MR) is 50.8 cm³/mol. The second-order valence-corrected chi connectivity index (χ2v) is 4.44. The highest BCUT2D eigenvalue weighted by molar-refractivity contribution is 5.82. The molecule has 4 heteroatoms. The van der Waals surface area contributed by atoms with E-state index in [1.165, 1.54) is 0 Å². The van der Waals surface area contributed by atoms with Crippen molar-refractivity contribution < 1.29 is 14.6 Å². The van der Waals surface area contributed by atoms with E-state index in [4.69, 9.17) is 9.84 Å². The monoisotopic (exact) mass is 199 g/mol. The van der Waals surface area contributed by atoms with E-state index in [2.05, 4.69) is 5.32 Å². The van der Waals surface area contributed by atoms with E-state index < -0.39 is 0 Å². The molecule has 2 aliphatic rings. The smallest absolute Gasteiger partial charge is 0.249 e. The molecule has 1 saturated heterocycles. The Balaban J connectivity index is 1.84. The Morgan fingerprint density at radius 2 is 2.29 bits per heavy atom. The van der Waals surface area contributed by atoms with Crippen LogP contribution in [0.15, 0.2) is 0 Å². The van der Waals surface area contributed by atoms with Crippen LogP contribution in [0.1, 0.15) is 32.6 Å². The van der Waals surface area contributed by atoms with Crippen LogP contribution in [0.2, 0.25) is 0 Å². The Kier molecular flexibility index (Phi) is 2.49. The van der Waals surface area contributed by atoms with Crippen LogP contribution in [-0.4, -0.2) is 35.4 Å². The van der Waals surface area contributed by atoms with Crippen LogP contribution in [-0.2, 0) is 9.53 Å². The van der Waals surface area contributed by atoms with E-state index in [-0.39, 0.29) is 30.3 Å². The van der Waals surface area contributed by atoms with E-state index in [0.29, 0.717) is 0 Å². The summed E-state index contributed by atoms with van der Waals surface area (Å²) in [5, 5.41) is 11.9. The summed E-state index contributed by atoms with van der Waals surface area (Å²) in [5.74, 6) is -0.0547. The van der Waals surface area contributed by atoms with Gasteiger partial charge in [-0.15, -0.1) is 0 Å². The standard InChI is InChI=1S/C10H17NO3/c1-7-2-3-8(14-7)9(13)11-10(6-12)4-5-10/h7-8,12H,2-6H2,1H3,(H,11,13). The third kappa shape index (κ3) is 1.91. The maximum absolute atomic E-state index is 11.7. The van der Waals surface area contributed by atoms with Crippen LogP contribution in [0.3, 0.4) is 0 Å². The van der Waals surface area contributed by atoms with E-state index in [9.17, 15) is 4.79 Å². The summed E-state index contributed by atoms with van der Waals surface area (Å²) in [6.07, 6.45) is 3.41. The first-order chi connectivity index (χ1) is 6.65. The average Bonchev–Trinajstić information content (AvgIpc) is 2.80. The third-order valence-corrected chi connectivity index (χ3v) is 3.07. The summed E-state index contributed by atoms with van der Waals surface area (Å²) in [5.41, 5.74) is -0.313. The SMILES string of the molecule is CC1CCC(C(=O)NC2(CO)CC2)O1. The summed E-state index contributed by atoms with van der Waals surface area (Å²) >= 11 is 0. The zero-order valence-corrected chi connectivity index (χ0v) is 8.45. The van der Waals surface area contributed by atoms with Crippen LogP contribution in [0.5, 0.6) is 0 Å². The molecule has 1 saturated carbocycles. The Labute approximate surface area is 83.6 Å². The first kappa shape index (κ1) is 9.93. The van der Waals surface area contributed by atoms with Gasteiger partial charge in [-0.1, -0.05) is 0 Å². The first-order valence-corrected chi connectivity index (χ1v) is 5.23. The van der Waals surface area contributed by atoms with Crippen molar-refractivity contribution in [2.45, 2.75) is 50.4 Å². The zero-order chi connectivity index (χ0) is 10.2.